The Bertz CT molecular complexity index is 818. The van der Waals surface area contributed by atoms with Crippen LogP contribution in [0.15, 0.2) is 54.6 Å². The Hall–Kier alpha value is -2.82. The van der Waals surface area contributed by atoms with E-state index in [9.17, 15) is 9.59 Å². The molecule has 1 unspecified atom stereocenters. The molecule has 3 rings (SSSR count). The minimum absolute atomic E-state index is 0.0831. The molecule has 1 atom stereocenters. The smallest absolute Gasteiger partial charge is 0.228 e. The summed E-state index contributed by atoms with van der Waals surface area (Å²) in [6.45, 7) is 4.42. The molecular weight excluding hydrogens is 362 g/mol. The Kier molecular flexibility index (Phi) is 6.91. The highest BCUT2D eigenvalue weighted by atomic mass is 16.2. The van der Waals surface area contributed by atoms with Gasteiger partial charge in [-0.25, -0.2) is 0 Å². The van der Waals surface area contributed by atoms with Crippen molar-refractivity contribution in [3.05, 3.63) is 65.7 Å². The third-order valence-corrected chi connectivity index (χ3v) is 5.60. The van der Waals surface area contributed by atoms with Crippen LogP contribution in [-0.4, -0.2) is 55.3 Å². The number of rotatable bonds is 8. The monoisotopic (exact) mass is 393 g/mol. The van der Waals surface area contributed by atoms with Crippen molar-refractivity contribution in [2.24, 2.45) is 5.92 Å². The van der Waals surface area contributed by atoms with Crippen LogP contribution in [0.4, 0.5) is 5.69 Å². The average Bonchev–Trinajstić information content (AvgIpc) is 3.11. The van der Waals surface area contributed by atoms with Gasteiger partial charge in [0.05, 0.1) is 5.92 Å². The Morgan fingerprint density at radius 1 is 1.03 bits per heavy atom. The molecule has 2 amide bonds. The van der Waals surface area contributed by atoms with E-state index < -0.39 is 0 Å². The molecule has 154 valence electrons. The van der Waals surface area contributed by atoms with Crippen LogP contribution in [0.25, 0.3) is 0 Å². The summed E-state index contributed by atoms with van der Waals surface area (Å²) >= 11 is 0. The molecule has 1 fully saturated rings. The van der Waals surface area contributed by atoms with Crippen molar-refractivity contribution in [3.63, 3.8) is 0 Å². The molecule has 5 nitrogen and oxygen atoms in total. The third-order valence-electron chi connectivity index (χ3n) is 5.60. The van der Waals surface area contributed by atoms with Gasteiger partial charge in [-0.1, -0.05) is 42.5 Å². The van der Waals surface area contributed by atoms with E-state index in [0.29, 0.717) is 32.6 Å². The first-order valence-electron chi connectivity index (χ1n) is 10.3. The van der Waals surface area contributed by atoms with Gasteiger partial charge in [-0.3, -0.25) is 9.59 Å². The molecule has 0 N–H and O–H groups in total. The maximum absolute atomic E-state index is 13.1. The molecular formula is C24H31N3O2. The predicted molar refractivity (Wildman–Crippen MR) is 117 cm³/mol. The fourth-order valence-electron chi connectivity index (χ4n) is 3.79. The molecule has 1 aliphatic rings. The van der Waals surface area contributed by atoms with Crippen LogP contribution in [0.1, 0.15) is 24.5 Å². The van der Waals surface area contributed by atoms with E-state index in [1.54, 1.807) is 0 Å². The van der Waals surface area contributed by atoms with E-state index in [-0.39, 0.29) is 17.7 Å². The van der Waals surface area contributed by atoms with Crippen LogP contribution in [0.3, 0.4) is 0 Å². The molecule has 1 aliphatic heterocycles. The van der Waals surface area contributed by atoms with Crippen molar-refractivity contribution in [1.82, 2.24) is 9.80 Å². The van der Waals surface area contributed by atoms with Crippen LogP contribution < -0.4 is 4.90 Å². The summed E-state index contributed by atoms with van der Waals surface area (Å²) in [5, 5.41) is 0. The minimum atomic E-state index is -0.237. The lowest BCUT2D eigenvalue weighted by Crippen LogP contribution is -2.37. The first-order chi connectivity index (χ1) is 14.0. The number of hydrogen-bond acceptors (Lipinski definition) is 3. The number of nitrogens with zero attached hydrogens (tertiary/aromatic N) is 3. The molecule has 0 spiro atoms. The summed E-state index contributed by atoms with van der Waals surface area (Å²) in [5.74, 6) is -0.0651. The summed E-state index contributed by atoms with van der Waals surface area (Å²) in [7, 11) is 4.02. The van der Waals surface area contributed by atoms with Gasteiger partial charge in [0.2, 0.25) is 11.8 Å². The van der Waals surface area contributed by atoms with Crippen molar-refractivity contribution >= 4 is 17.5 Å². The average molecular weight is 394 g/mol. The maximum Gasteiger partial charge on any atom is 0.228 e. The first-order valence-corrected chi connectivity index (χ1v) is 10.3. The lowest BCUT2D eigenvalue weighted by Gasteiger charge is -2.25. The van der Waals surface area contributed by atoms with Gasteiger partial charge in [-0.2, -0.15) is 0 Å². The van der Waals surface area contributed by atoms with Gasteiger partial charge in [0, 0.05) is 52.4 Å². The standard InChI is InChI=1S/C24H31N3O2/c1-4-26(17-20-10-12-22(13-11-20)25(2)3)24(29)21-16-23(28)27(18-21)15-14-19-8-6-5-7-9-19/h5-13,21H,4,14-18H2,1-3H3. The summed E-state index contributed by atoms with van der Waals surface area (Å²) in [4.78, 5) is 31.3. The zero-order chi connectivity index (χ0) is 20.8. The van der Waals surface area contributed by atoms with Gasteiger partial charge >= 0.3 is 0 Å². The van der Waals surface area contributed by atoms with Crippen molar-refractivity contribution in [3.8, 4) is 0 Å². The van der Waals surface area contributed by atoms with Crippen molar-refractivity contribution in [1.29, 1.82) is 0 Å². The topological polar surface area (TPSA) is 43.9 Å². The lowest BCUT2D eigenvalue weighted by atomic mass is 10.1. The quantitative estimate of drug-likeness (QED) is 0.692. The largest absolute Gasteiger partial charge is 0.378 e. The molecule has 0 saturated carbocycles. The Morgan fingerprint density at radius 2 is 1.72 bits per heavy atom. The van der Waals surface area contributed by atoms with Crippen LogP contribution in [0, 0.1) is 5.92 Å². The fraction of sp³-hybridized carbons (Fsp3) is 0.417. The van der Waals surface area contributed by atoms with Gasteiger partial charge in [-0.15, -0.1) is 0 Å². The molecule has 1 saturated heterocycles. The highest BCUT2D eigenvalue weighted by Gasteiger charge is 2.35. The Morgan fingerprint density at radius 3 is 2.34 bits per heavy atom. The highest BCUT2D eigenvalue weighted by Crippen LogP contribution is 2.22. The zero-order valence-corrected chi connectivity index (χ0v) is 17.7. The van der Waals surface area contributed by atoms with Gasteiger partial charge in [0.15, 0.2) is 0 Å². The van der Waals surface area contributed by atoms with Gasteiger partial charge in [0.25, 0.3) is 0 Å². The number of carbonyl (C=O) groups is 2. The molecule has 0 aliphatic carbocycles. The first kappa shape index (κ1) is 20.9. The number of likely N-dealkylation sites (tertiary alicyclic amines) is 1. The SMILES string of the molecule is CCN(Cc1ccc(N(C)C)cc1)C(=O)C1CC(=O)N(CCc2ccccc2)C1. The van der Waals surface area contributed by atoms with E-state index in [0.717, 1.165) is 17.7 Å². The van der Waals surface area contributed by atoms with Crippen LogP contribution in [0.2, 0.25) is 0 Å². The van der Waals surface area contributed by atoms with E-state index >= 15 is 0 Å². The summed E-state index contributed by atoms with van der Waals surface area (Å²) in [6, 6.07) is 18.4. The van der Waals surface area contributed by atoms with Gasteiger partial charge in [0.1, 0.15) is 0 Å². The normalized spacial score (nSPS) is 16.2. The lowest BCUT2D eigenvalue weighted by molar-refractivity contribution is -0.136. The van der Waals surface area contributed by atoms with E-state index in [2.05, 4.69) is 41.3 Å². The number of anilines is 1. The van der Waals surface area contributed by atoms with Gasteiger partial charge in [-0.05, 0) is 36.6 Å². The second-order valence-electron chi connectivity index (χ2n) is 7.89. The van der Waals surface area contributed by atoms with E-state index in [1.807, 2.05) is 49.0 Å². The summed E-state index contributed by atoms with van der Waals surface area (Å²) in [6.07, 6.45) is 1.15. The van der Waals surface area contributed by atoms with E-state index in [1.165, 1.54) is 5.56 Å². The van der Waals surface area contributed by atoms with Crippen molar-refractivity contribution in [2.45, 2.75) is 26.3 Å². The second-order valence-corrected chi connectivity index (χ2v) is 7.89. The molecule has 1 heterocycles. The van der Waals surface area contributed by atoms with Crippen LogP contribution >= 0.6 is 0 Å². The molecule has 0 radical (unpaired) electrons. The molecule has 29 heavy (non-hydrogen) atoms. The predicted octanol–water partition coefficient (Wildman–Crippen LogP) is 3.19. The maximum atomic E-state index is 13.1. The number of benzene rings is 2. The Labute approximate surface area is 173 Å². The summed E-state index contributed by atoms with van der Waals surface area (Å²) in [5.41, 5.74) is 3.46. The molecule has 0 bridgehead atoms. The van der Waals surface area contributed by atoms with Gasteiger partial charge < -0.3 is 14.7 Å². The number of hydrogen-bond donors (Lipinski definition) is 0. The molecule has 2 aromatic carbocycles. The minimum Gasteiger partial charge on any atom is -0.378 e. The van der Waals surface area contributed by atoms with E-state index in [4.69, 9.17) is 0 Å². The second kappa shape index (κ2) is 9.59. The number of carbonyl (C=O) groups excluding carboxylic acids is 2. The highest BCUT2D eigenvalue weighted by molar-refractivity contribution is 5.89. The molecule has 5 heteroatoms. The third kappa shape index (κ3) is 5.37. The zero-order valence-electron chi connectivity index (χ0n) is 17.7. The van der Waals surface area contributed by atoms with Crippen LogP contribution in [0.5, 0.6) is 0 Å². The fourth-order valence-corrected chi connectivity index (χ4v) is 3.79. The number of amides is 2. The molecule has 2 aromatic rings. The molecule has 0 aromatic heterocycles. The van der Waals surface area contributed by atoms with Crippen molar-refractivity contribution in [2.75, 3.05) is 38.6 Å². The van der Waals surface area contributed by atoms with Crippen molar-refractivity contribution < 1.29 is 9.59 Å². The van der Waals surface area contributed by atoms with Crippen LogP contribution in [-0.2, 0) is 22.6 Å². The summed E-state index contributed by atoms with van der Waals surface area (Å²) < 4.78 is 0. The Balaban J connectivity index is 1.57.